The second-order valence-electron chi connectivity index (χ2n) is 6.24. The van der Waals surface area contributed by atoms with Gasteiger partial charge in [0.2, 0.25) is 5.16 Å². The van der Waals surface area contributed by atoms with Gasteiger partial charge < -0.3 is 4.42 Å². The highest BCUT2D eigenvalue weighted by atomic mass is 32.2. The molecule has 0 saturated heterocycles. The van der Waals surface area contributed by atoms with Gasteiger partial charge in [-0.2, -0.15) is 9.78 Å². The molecule has 9 nitrogen and oxygen atoms in total. The molecule has 0 saturated carbocycles. The summed E-state index contributed by atoms with van der Waals surface area (Å²) in [5.41, 5.74) is 1.68. The molecule has 0 atom stereocenters. The number of rotatable bonds is 3. The zero-order valence-electron chi connectivity index (χ0n) is 14.7. The molecule has 1 aliphatic heterocycles. The van der Waals surface area contributed by atoms with Gasteiger partial charge in [-0.15, -0.1) is 10.2 Å². The molecule has 0 radical (unpaired) electrons. The Hall–Kier alpha value is -3.79. The average molecular weight is 405 g/mol. The van der Waals surface area contributed by atoms with Gasteiger partial charge in [-0.05, 0) is 29.8 Å². The van der Waals surface area contributed by atoms with Gasteiger partial charge in [0.25, 0.3) is 5.69 Å². The number of hydrogen-bond donors (Lipinski definition) is 0. The normalized spacial score (nSPS) is 13.2. The minimum Gasteiger partial charge on any atom is -0.422 e. The SMILES string of the molecule is O=c1oc2ccccc2cc1-c1nnc2n1N=C(c1ccc([N+](=O)[O-])cc1)CS2. The number of nitro benzene ring substituents is 1. The number of non-ortho nitro benzene ring substituents is 1. The first-order chi connectivity index (χ1) is 14.1. The molecule has 142 valence electrons. The molecule has 0 aliphatic carbocycles. The number of thioether (sulfide) groups is 1. The topological polar surface area (TPSA) is 116 Å². The van der Waals surface area contributed by atoms with Crippen LogP contribution in [-0.2, 0) is 0 Å². The third kappa shape index (κ3) is 2.99. The van der Waals surface area contributed by atoms with E-state index in [0.29, 0.717) is 22.2 Å². The summed E-state index contributed by atoms with van der Waals surface area (Å²) in [6, 6.07) is 15.1. The predicted octanol–water partition coefficient (Wildman–Crippen LogP) is 3.32. The lowest BCUT2D eigenvalue weighted by Gasteiger charge is -2.13. The van der Waals surface area contributed by atoms with E-state index in [1.165, 1.54) is 28.6 Å². The quantitative estimate of drug-likeness (QED) is 0.292. The summed E-state index contributed by atoms with van der Waals surface area (Å²) in [6.07, 6.45) is 0. The van der Waals surface area contributed by atoms with Gasteiger partial charge in [0.1, 0.15) is 11.1 Å². The second-order valence-corrected chi connectivity index (χ2v) is 7.19. The van der Waals surface area contributed by atoms with Crippen LogP contribution in [0.1, 0.15) is 5.56 Å². The number of benzene rings is 2. The Balaban J connectivity index is 1.61. The largest absolute Gasteiger partial charge is 0.422 e. The van der Waals surface area contributed by atoms with Crippen molar-refractivity contribution in [1.29, 1.82) is 0 Å². The molecule has 10 heteroatoms. The van der Waals surface area contributed by atoms with E-state index in [2.05, 4.69) is 15.3 Å². The molecule has 2 aromatic heterocycles. The second kappa shape index (κ2) is 6.67. The van der Waals surface area contributed by atoms with Crippen LogP contribution in [0, 0.1) is 10.1 Å². The van der Waals surface area contributed by atoms with Crippen LogP contribution < -0.4 is 5.63 Å². The van der Waals surface area contributed by atoms with Gasteiger partial charge in [0.15, 0.2) is 5.82 Å². The van der Waals surface area contributed by atoms with Crippen molar-refractivity contribution in [2.45, 2.75) is 5.16 Å². The Morgan fingerprint density at radius 1 is 1.10 bits per heavy atom. The van der Waals surface area contributed by atoms with Crippen molar-refractivity contribution in [1.82, 2.24) is 14.9 Å². The molecule has 2 aromatic carbocycles. The van der Waals surface area contributed by atoms with E-state index in [4.69, 9.17) is 4.42 Å². The van der Waals surface area contributed by atoms with Crippen molar-refractivity contribution in [2.24, 2.45) is 5.10 Å². The average Bonchev–Trinajstić information content (AvgIpc) is 3.16. The Kier molecular flexibility index (Phi) is 3.98. The molecule has 3 heterocycles. The van der Waals surface area contributed by atoms with Gasteiger partial charge >= 0.3 is 5.63 Å². The molecule has 0 fully saturated rings. The lowest BCUT2D eigenvalue weighted by atomic mass is 10.1. The van der Waals surface area contributed by atoms with Gasteiger partial charge in [-0.3, -0.25) is 10.1 Å². The number of fused-ring (bicyclic) bond motifs is 2. The molecule has 4 aromatic rings. The number of nitro groups is 1. The van der Waals surface area contributed by atoms with Gasteiger partial charge in [-0.25, -0.2) is 4.79 Å². The summed E-state index contributed by atoms with van der Waals surface area (Å²) in [5, 5.41) is 25.0. The molecule has 29 heavy (non-hydrogen) atoms. The van der Waals surface area contributed by atoms with E-state index in [1.807, 2.05) is 12.1 Å². The fourth-order valence-corrected chi connectivity index (χ4v) is 3.87. The molecule has 0 bridgehead atoms. The molecule has 0 spiro atoms. The van der Waals surface area contributed by atoms with E-state index >= 15 is 0 Å². The van der Waals surface area contributed by atoms with Crippen LogP contribution in [0.4, 0.5) is 5.69 Å². The Morgan fingerprint density at radius 3 is 2.69 bits per heavy atom. The van der Waals surface area contributed by atoms with Crippen LogP contribution in [0.5, 0.6) is 0 Å². The maximum atomic E-state index is 12.5. The maximum Gasteiger partial charge on any atom is 0.347 e. The van der Waals surface area contributed by atoms with Gasteiger partial charge in [0.05, 0.1) is 10.6 Å². The predicted molar refractivity (Wildman–Crippen MR) is 107 cm³/mol. The van der Waals surface area contributed by atoms with Crippen LogP contribution in [0.3, 0.4) is 0 Å². The van der Waals surface area contributed by atoms with E-state index < -0.39 is 10.5 Å². The van der Waals surface area contributed by atoms with Gasteiger partial charge in [-0.1, -0.05) is 30.0 Å². The molecule has 5 rings (SSSR count). The van der Waals surface area contributed by atoms with E-state index in [0.717, 1.165) is 10.9 Å². The standard InChI is InChI=1S/C19H11N5O4S/c25-18-14(9-12-3-1-2-4-16(12)28-18)17-20-21-19-23(17)22-15(10-29-19)11-5-7-13(8-6-11)24(26)27/h1-9H,10H2. The Labute approximate surface area is 166 Å². The first-order valence-electron chi connectivity index (χ1n) is 8.54. The van der Waals surface area contributed by atoms with Crippen LogP contribution in [0.2, 0.25) is 0 Å². The minimum atomic E-state index is -0.526. The molecular formula is C19H11N5O4S. The summed E-state index contributed by atoms with van der Waals surface area (Å²) < 4.78 is 6.90. The molecular weight excluding hydrogens is 394 g/mol. The first-order valence-corrected chi connectivity index (χ1v) is 9.53. The van der Waals surface area contributed by atoms with Crippen LogP contribution >= 0.6 is 11.8 Å². The van der Waals surface area contributed by atoms with Crippen molar-refractivity contribution < 1.29 is 9.34 Å². The van der Waals surface area contributed by atoms with E-state index in [-0.39, 0.29) is 17.1 Å². The Morgan fingerprint density at radius 2 is 1.90 bits per heavy atom. The third-order valence-corrected chi connectivity index (χ3v) is 5.40. The van der Waals surface area contributed by atoms with Crippen molar-refractivity contribution >= 4 is 34.1 Å². The summed E-state index contributed by atoms with van der Waals surface area (Å²) >= 11 is 1.42. The summed E-state index contributed by atoms with van der Waals surface area (Å²) in [6.45, 7) is 0. The lowest BCUT2D eigenvalue weighted by Crippen LogP contribution is -2.15. The first kappa shape index (κ1) is 17.3. The fraction of sp³-hybridized carbons (Fsp3) is 0.0526. The fourth-order valence-electron chi connectivity index (χ4n) is 3.03. The van der Waals surface area contributed by atoms with Crippen molar-refractivity contribution in [2.75, 3.05) is 5.75 Å². The molecule has 1 aliphatic rings. The summed E-state index contributed by atoms with van der Waals surface area (Å²) in [5.74, 6) is 0.813. The zero-order valence-corrected chi connectivity index (χ0v) is 15.5. The van der Waals surface area contributed by atoms with Crippen molar-refractivity contribution in [3.8, 4) is 11.4 Å². The van der Waals surface area contributed by atoms with E-state index in [1.54, 1.807) is 30.3 Å². The highest BCUT2D eigenvalue weighted by Crippen LogP contribution is 2.28. The van der Waals surface area contributed by atoms with Crippen molar-refractivity contribution in [3.63, 3.8) is 0 Å². The third-order valence-electron chi connectivity index (χ3n) is 4.46. The zero-order chi connectivity index (χ0) is 20.0. The molecule has 0 unspecified atom stereocenters. The van der Waals surface area contributed by atoms with Crippen LogP contribution in [0.15, 0.2) is 74.1 Å². The Bertz CT molecular complexity index is 1360. The number of nitrogens with zero attached hydrogens (tertiary/aromatic N) is 5. The molecule has 0 amide bonds. The monoisotopic (exact) mass is 405 g/mol. The van der Waals surface area contributed by atoms with Crippen molar-refractivity contribution in [3.05, 3.63) is 80.7 Å². The number of aromatic nitrogens is 3. The number of para-hydroxylation sites is 1. The smallest absolute Gasteiger partial charge is 0.347 e. The van der Waals surface area contributed by atoms with Crippen LogP contribution in [0.25, 0.3) is 22.4 Å². The van der Waals surface area contributed by atoms with Crippen LogP contribution in [-0.4, -0.2) is 31.3 Å². The van der Waals surface area contributed by atoms with E-state index in [9.17, 15) is 14.9 Å². The maximum absolute atomic E-state index is 12.5. The highest BCUT2D eigenvalue weighted by molar-refractivity contribution is 7.99. The summed E-state index contributed by atoms with van der Waals surface area (Å²) in [4.78, 5) is 22.9. The molecule has 0 N–H and O–H groups in total. The highest BCUT2D eigenvalue weighted by Gasteiger charge is 2.23. The summed E-state index contributed by atoms with van der Waals surface area (Å²) in [7, 11) is 0. The lowest BCUT2D eigenvalue weighted by molar-refractivity contribution is -0.384. The minimum absolute atomic E-state index is 0.0114. The number of hydrogen-bond acceptors (Lipinski definition) is 8. The van der Waals surface area contributed by atoms with Gasteiger partial charge in [0, 0.05) is 23.3 Å².